The van der Waals surface area contributed by atoms with Crippen LogP contribution in [0.25, 0.3) is 0 Å². The molecule has 0 amide bonds. The van der Waals surface area contributed by atoms with Crippen molar-refractivity contribution in [1.82, 2.24) is 5.32 Å². The summed E-state index contributed by atoms with van der Waals surface area (Å²) in [6, 6.07) is 13.0. The molecule has 2 aliphatic heterocycles. The second kappa shape index (κ2) is 10.4. The van der Waals surface area contributed by atoms with Crippen LogP contribution in [0.3, 0.4) is 0 Å². The van der Waals surface area contributed by atoms with Crippen LogP contribution in [0.4, 0.5) is 18.9 Å². The highest BCUT2D eigenvalue weighted by Gasteiger charge is 2.38. The number of carboxylic acid groups (broad SMARTS) is 1. The topological polar surface area (TPSA) is 104 Å². The first-order chi connectivity index (χ1) is 15.2. The third-order valence-electron chi connectivity index (χ3n) is 5.22. The van der Waals surface area contributed by atoms with Crippen molar-refractivity contribution in [3.8, 4) is 0 Å². The molecule has 172 valence electrons. The molecule has 4 rings (SSSR count). The molecule has 0 unspecified atom stereocenters. The largest absolute Gasteiger partial charge is 0.490 e. The number of alkyl halides is 3. The normalized spacial score (nSPS) is 15.6. The Balaban J connectivity index is 0.000000360. The number of fused-ring (bicyclic) bond motifs is 2. The summed E-state index contributed by atoms with van der Waals surface area (Å²) in [5.74, 6) is -2.76. The second-order valence-electron chi connectivity index (χ2n) is 7.49. The van der Waals surface area contributed by atoms with Gasteiger partial charge in [0.2, 0.25) is 0 Å². The van der Waals surface area contributed by atoms with Crippen LogP contribution < -0.4 is 16.4 Å². The number of Topliss-reactive ketones (excluding diaryl/α,β-unsaturated/α-hetero) is 1. The van der Waals surface area contributed by atoms with Gasteiger partial charge in [0.05, 0.1) is 6.54 Å². The summed E-state index contributed by atoms with van der Waals surface area (Å²) in [6.07, 6.45) is -1.97. The van der Waals surface area contributed by atoms with E-state index in [1.54, 1.807) is 11.8 Å². The molecule has 1 saturated heterocycles. The molecule has 0 aliphatic carbocycles. The van der Waals surface area contributed by atoms with Gasteiger partial charge >= 0.3 is 12.1 Å². The number of carbonyl (C=O) groups excluding carboxylic acids is 1. The Kier molecular flexibility index (Phi) is 7.81. The summed E-state index contributed by atoms with van der Waals surface area (Å²) in [7, 11) is 0. The first-order valence-electron chi connectivity index (χ1n) is 10.1. The summed E-state index contributed by atoms with van der Waals surface area (Å²) >= 11 is 1.76. The molecule has 2 heterocycles. The van der Waals surface area contributed by atoms with Crippen LogP contribution >= 0.6 is 11.8 Å². The van der Waals surface area contributed by atoms with Crippen LogP contribution in [0.5, 0.6) is 0 Å². The van der Waals surface area contributed by atoms with Crippen molar-refractivity contribution in [3.05, 3.63) is 53.1 Å². The van der Waals surface area contributed by atoms with Gasteiger partial charge in [-0.3, -0.25) is 4.79 Å². The van der Waals surface area contributed by atoms with Gasteiger partial charge in [-0.25, -0.2) is 4.79 Å². The Morgan fingerprint density at radius 3 is 2.44 bits per heavy atom. The van der Waals surface area contributed by atoms with E-state index in [0.29, 0.717) is 11.6 Å². The minimum absolute atomic E-state index is 0.00406. The molecule has 10 heteroatoms. The molecular formula is C22H24F3N3O3S. The van der Waals surface area contributed by atoms with Gasteiger partial charge in [0.1, 0.15) is 0 Å². The summed E-state index contributed by atoms with van der Waals surface area (Å²) in [5.41, 5.74) is 10.1. The van der Waals surface area contributed by atoms with Crippen molar-refractivity contribution < 1.29 is 27.9 Å². The number of anilines is 1. The first kappa shape index (κ1) is 24.1. The SMILES string of the molecule is NCC(=O)c1cc(NC2CCNCC2)c2c(c1)Sc1ccccc1C2.O=C(O)C(F)(F)F. The standard InChI is InChI=1S/C20H23N3OS.C2HF3O2/c21-12-18(24)14-10-17(23-15-5-7-22-8-6-15)16-9-13-3-1-2-4-19(13)25-20(16)11-14;3-2(4,5)1(6)7/h1-4,10-11,15,22-23H,5-9,12,21H2;(H,6,7). The van der Waals surface area contributed by atoms with E-state index < -0.39 is 12.1 Å². The molecule has 1 fully saturated rings. The third kappa shape index (κ3) is 6.02. The fraction of sp³-hybridized carbons (Fsp3) is 0.364. The van der Waals surface area contributed by atoms with Crippen molar-refractivity contribution in [3.63, 3.8) is 0 Å². The van der Waals surface area contributed by atoms with Crippen LogP contribution in [0.1, 0.15) is 34.3 Å². The van der Waals surface area contributed by atoms with Gasteiger partial charge in [0.25, 0.3) is 0 Å². The zero-order valence-electron chi connectivity index (χ0n) is 17.2. The van der Waals surface area contributed by atoms with Gasteiger partial charge < -0.3 is 21.5 Å². The Bertz CT molecular complexity index is 992. The summed E-state index contributed by atoms with van der Waals surface area (Å²) < 4.78 is 31.7. The second-order valence-corrected chi connectivity index (χ2v) is 8.57. The Morgan fingerprint density at radius 2 is 1.81 bits per heavy atom. The summed E-state index contributed by atoms with van der Waals surface area (Å²) in [5, 5.41) is 14.2. The van der Waals surface area contributed by atoms with Crippen LogP contribution in [-0.4, -0.2) is 48.7 Å². The zero-order valence-corrected chi connectivity index (χ0v) is 18.0. The van der Waals surface area contributed by atoms with Crippen LogP contribution in [-0.2, 0) is 11.2 Å². The van der Waals surface area contributed by atoms with Gasteiger partial charge in [0.15, 0.2) is 5.78 Å². The maximum absolute atomic E-state index is 12.2. The molecule has 0 atom stereocenters. The molecule has 0 spiro atoms. The number of hydrogen-bond acceptors (Lipinski definition) is 6. The monoisotopic (exact) mass is 467 g/mol. The van der Waals surface area contributed by atoms with Gasteiger partial charge in [-0.05, 0) is 55.3 Å². The number of rotatable bonds is 4. The van der Waals surface area contributed by atoms with Crippen LogP contribution in [0.2, 0.25) is 0 Å². The lowest BCUT2D eigenvalue weighted by molar-refractivity contribution is -0.192. The number of hydrogen-bond donors (Lipinski definition) is 4. The van der Waals surface area contributed by atoms with Gasteiger partial charge in [-0.15, -0.1) is 0 Å². The number of halogens is 3. The average Bonchev–Trinajstić information content (AvgIpc) is 2.77. The molecule has 32 heavy (non-hydrogen) atoms. The Labute approximate surface area is 187 Å². The highest BCUT2D eigenvalue weighted by Crippen LogP contribution is 2.43. The van der Waals surface area contributed by atoms with Crippen molar-refractivity contribution in [2.75, 3.05) is 25.0 Å². The van der Waals surface area contributed by atoms with Gasteiger partial charge in [-0.2, -0.15) is 13.2 Å². The molecule has 0 radical (unpaired) electrons. The molecule has 2 aromatic rings. The van der Waals surface area contributed by atoms with E-state index in [1.807, 2.05) is 12.1 Å². The average molecular weight is 468 g/mol. The lowest BCUT2D eigenvalue weighted by atomic mass is 9.97. The highest BCUT2D eigenvalue weighted by atomic mass is 32.2. The number of nitrogens with two attached hydrogens (primary N) is 1. The third-order valence-corrected chi connectivity index (χ3v) is 6.42. The smallest absolute Gasteiger partial charge is 0.475 e. The van der Waals surface area contributed by atoms with Crippen molar-refractivity contribution in [1.29, 1.82) is 0 Å². The number of piperidine rings is 1. The van der Waals surface area contributed by atoms with Crippen molar-refractivity contribution >= 4 is 29.2 Å². The molecule has 0 aromatic heterocycles. The van der Waals surface area contributed by atoms with E-state index in [2.05, 4.69) is 34.9 Å². The predicted molar refractivity (Wildman–Crippen MR) is 116 cm³/mol. The van der Waals surface area contributed by atoms with E-state index in [1.165, 1.54) is 20.9 Å². The molecule has 2 aliphatic rings. The lowest BCUT2D eigenvalue weighted by Crippen LogP contribution is -2.35. The maximum Gasteiger partial charge on any atom is 0.490 e. The fourth-order valence-corrected chi connectivity index (χ4v) is 4.72. The van der Waals surface area contributed by atoms with E-state index >= 15 is 0 Å². The molecule has 6 nitrogen and oxygen atoms in total. The number of benzene rings is 2. The Hall–Kier alpha value is -2.56. The predicted octanol–water partition coefficient (Wildman–Crippen LogP) is 3.68. The van der Waals surface area contributed by atoms with Crippen molar-refractivity contribution in [2.45, 2.75) is 41.3 Å². The maximum atomic E-state index is 12.2. The fourth-order valence-electron chi connectivity index (χ4n) is 3.57. The van der Waals surface area contributed by atoms with Crippen LogP contribution in [0.15, 0.2) is 46.2 Å². The molecule has 5 N–H and O–H groups in total. The van der Waals surface area contributed by atoms with Crippen LogP contribution in [0, 0.1) is 0 Å². The number of carbonyl (C=O) groups is 2. The Morgan fingerprint density at radius 1 is 1.16 bits per heavy atom. The zero-order chi connectivity index (χ0) is 23.3. The molecule has 2 aromatic carbocycles. The molecular weight excluding hydrogens is 443 g/mol. The number of carboxylic acids is 1. The first-order valence-corrected chi connectivity index (χ1v) is 10.9. The summed E-state index contributed by atoms with van der Waals surface area (Å²) in [4.78, 5) is 23.6. The summed E-state index contributed by atoms with van der Waals surface area (Å²) in [6.45, 7) is 2.13. The quantitative estimate of drug-likeness (QED) is 0.434. The number of aliphatic carboxylic acids is 1. The van der Waals surface area contributed by atoms with E-state index in [4.69, 9.17) is 15.6 Å². The number of nitrogens with one attached hydrogen (secondary N) is 2. The van der Waals surface area contributed by atoms with E-state index in [9.17, 15) is 18.0 Å². The van der Waals surface area contributed by atoms with Gasteiger partial charge in [0, 0.05) is 33.5 Å². The van der Waals surface area contributed by atoms with Crippen molar-refractivity contribution in [2.24, 2.45) is 5.73 Å². The number of ketones is 1. The minimum atomic E-state index is -5.08. The lowest BCUT2D eigenvalue weighted by Gasteiger charge is -2.28. The molecule has 0 saturated carbocycles. The van der Waals surface area contributed by atoms with Gasteiger partial charge in [-0.1, -0.05) is 30.0 Å². The van der Waals surface area contributed by atoms with E-state index in [-0.39, 0.29) is 12.3 Å². The van der Waals surface area contributed by atoms with E-state index in [0.717, 1.165) is 38.0 Å². The highest BCUT2D eigenvalue weighted by molar-refractivity contribution is 7.99. The molecule has 0 bridgehead atoms. The minimum Gasteiger partial charge on any atom is -0.475 e.